The van der Waals surface area contributed by atoms with E-state index < -0.39 is 0 Å². The summed E-state index contributed by atoms with van der Waals surface area (Å²) in [6.45, 7) is 6.18. The summed E-state index contributed by atoms with van der Waals surface area (Å²) in [7, 11) is 0. The highest BCUT2D eigenvalue weighted by Gasteiger charge is 2.28. The van der Waals surface area contributed by atoms with Gasteiger partial charge in [-0.2, -0.15) is 0 Å². The average molecular weight is 399 g/mol. The van der Waals surface area contributed by atoms with Crippen molar-refractivity contribution in [2.24, 2.45) is 0 Å². The summed E-state index contributed by atoms with van der Waals surface area (Å²) >= 11 is 0. The molecule has 1 atom stereocenters. The third-order valence-corrected chi connectivity index (χ3v) is 5.89. The maximum absolute atomic E-state index is 4.91. The van der Waals surface area contributed by atoms with Gasteiger partial charge in [0.15, 0.2) is 0 Å². The van der Waals surface area contributed by atoms with Gasteiger partial charge >= 0.3 is 0 Å². The molecule has 5 heterocycles. The number of likely N-dealkylation sites (tertiary alicyclic amines) is 1. The number of nitrogens with one attached hydrogen (secondary N) is 1. The molecule has 30 heavy (non-hydrogen) atoms. The maximum atomic E-state index is 4.91. The van der Waals surface area contributed by atoms with Crippen LogP contribution in [0.2, 0.25) is 0 Å². The van der Waals surface area contributed by atoms with Crippen LogP contribution in [0.25, 0.3) is 5.65 Å². The topological polar surface area (TPSA) is 58.4 Å². The van der Waals surface area contributed by atoms with E-state index in [0.29, 0.717) is 6.04 Å². The number of aryl methyl sites for hydroxylation is 2. The summed E-state index contributed by atoms with van der Waals surface area (Å²) in [5, 5.41) is 3.31. The molecule has 0 amide bonds. The molecule has 0 aliphatic carbocycles. The van der Waals surface area contributed by atoms with Gasteiger partial charge in [0.2, 0.25) is 0 Å². The summed E-state index contributed by atoms with van der Waals surface area (Å²) in [5.74, 6) is 1.64. The zero-order valence-electron chi connectivity index (χ0n) is 17.4. The lowest BCUT2D eigenvalue weighted by Gasteiger charge is -2.24. The number of fused-ring (bicyclic) bond motifs is 1. The normalized spacial score (nSPS) is 16.9. The van der Waals surface area contributed by atoms with Crippen molar-refractivity contribution in [2.75, 3.05) is 11.9 Å². The fourth-order valence-electron chi connectivity index (χ4n) is 4.37. The Labute approximate surface area is 176 Å². The quantitative estimate of drug-likeness (QED) is 0.522. The maximum Gasteiger partial charge on any atom is 0.140 e. The molecule has 1 fully saturated rings. The third kappa shape index (κ3) is 3.55. The Balaban J connectivity index is 1.40. The molecule has 0 bridgehead atoms. The molecule has 4 aromatic heterocycles. The van der Waals surface area contributed by atoms with E-state index in [1.807, 2.05) is 24.3 Å². The first-order valence-corrected chi connectivity index (χ1v) is 10.5. The molecule has 1 aliphatic heterocycles. The van der Waals surface area contributed by atoms with E-state index in [-0.39, 0.29) is 0 Å². The van der Waals surface area contributed by atoms with Crippen molar-refractivity contribution in [1.29, 1.82) is 0 Å². The number of nitrogens with zero attached hydrogens (tertiary/aromatic N) is 5. The van der Waals surface area contributed by atoms with Gasteiger partial charge in [0.1, 0.15) is 17.3 Å². The van der Waals surface area contributed by atoms with E-state index in [9.17, 15) is 0 Å². The van der Waals surface area contributed by atoms with Crippen molar-refractivity contribution in [1.82, 2.24) is 24.3 Å². The summed E-state index contributed by atoms with van der Waals surface area (Å²) in [4.78, 5) is 16.6. The van der Waals surface area contributed by atoms with Crippen molar-refractivity contribution in [3.05, 3.63) is 83.6 Å². The van der Waals surface area contributed by atoms with E-state index in [2.05, 4.69) is 63.9 Å². The highest BCUT2D eigenvalue weighted by Crippen LogP contribution is 2.33. The van der Waals surface area contributed by atoms with Gasteiger partial charge < -0.3 is 9.72 Å². The Morgan fingerprint density at radius 3 is 2.77 bits per heavy atom. The van der Waals surface area contributed by atoms with Crippen LogP contribution < -0.4 is 5.32 Å². The van der Waals surface area contributed by atoms with Crippen molar-refractivity contribution in [2.45, 2.75) is 39.3 Å². The average Bonchev–Trinajstić information content (AvgIpc) is 3.35. The SMILES string of the molecule is Cc1nc2c(C)cccn2c1CN1CCC[C@@H]1c1cccc(Nc2ccccn2)n1. The summed E-state index contributed by atoms with van der Waals surface area (Å²) in [6.07, 6.45) is 6.21. The first-order chi connectivity index (χ1) is 14.7. The summed E-state index contributed by atoms with van der Waals surface area (Å²) < 4.78 is 2.24. The van der Waals surface area contributed by atoms with E-state index in [4.69, 9.17) is 9.97 Å². The summed E-state index contributed by atoms with van der Waals surface area (Å²) in [5.41, 5.74) is 5.74. The first-order valence-electron chi connectivity index (χ1n) is 10.5. The lowest BCUT2D eigenvalue weighted by Crippen LogP contribution is -2.24. The van der Waals surface area contributed by atoms with Gasteiger partial charge in [0, 0.05) is 18.9 Å². The highest BCUT2D eigenvalue weighted by molar-refractivity contribution is 5.52. The monoisotopic (exact) mass is 398 g/mol. The third-order valence-electron chi connectivity index (χ3n) is 5.89. The van der Waals surface area contributed by atoms with Gasteiger partial charge in [-0.1, -0.05) is 18.2 Å². The molecule has 0 spiro atoms. The Morgan fingerprint density at radius 2 is 1.90 bits per heavy atom. The van der Waals surface area contributed by atoms with Crippen LogP contribution in [0.3, 0.4) is 0 Å². The number of hydrogen-bond acceptors (Lipinski definition) is 5. The minimum Gasteiger partial charge on any atom is -0.325 e. The molecule has 0 unspecified atom stereocenters. The first kappa shape index (κ1) is 18.8. The number of imidazole rings is 1. The number of aromatic nitrogens is 4. The van der Waals surface area contributed by atoms with Gasteiger partial charge in [-0.3, -0.25) is 4.90 Å². The molecule has 1 aliphatic rings. The lowest BCUT2D eigenvalue weighted by molar-refractivity contribution is 0.240. The Morgan fingerprint density at radius 1 is 1.00 bits per heavy atom. The van der Waals surface area contributed by atoms with Crippen molar-refractivity contribution in [3.63, 3.8) is 0 Å². The predicted octanol–water partition coefficient (Wildman–Crippen LogP) is 4.82. The van der Waals surface area contributed by atoms with Gasteiger partial charge in [-0.15, -0.1) is 0 Å². The second-order valence-electron chi connectivity index (χ2n) is 7.94. The Bertz CT molecular complexity index is 1170. The van der Waals surface area contributed by atoms with Gasteiger partial charge in [-0.05, 0) is 69.1 Å². The molecule has 0 radical (unpaired) electrons. The molecule has 4 aromatic rings. The van der Waals surface area contributed by atoms with Crippen LogP contribution in [0.1, 0.15) is 41.5 Å². The van der Waals surface area contributed by atoms with E-state index in [1.165, 1.54) is 17.7 Å². The molecule has 6 heteroatoms. The second kappa shape index (κ2) is 7.88. The van der Waals surface area contributed by atoms with Crippen molar-refractivity contribution >= 4 is 17.3 Å². The zero-order chi connectivity index (χ0) is 20.5. The highest BCUT2D eigenvalue weighted by atomic mass is 15.2. The lowest BCUT2D eigenvalue weighted by atomic mass is 10.1. The van der Waals surface area contributed by atoms with Crippen LogP contribution >= 0.6 is 0 Å². The number of anilines is 2. The molecule has 6 nitrogen and oxygen atoms in total. The molecule has 152 valence electrons. The van der Waals surface area contributed by atoms with Gasteiger partial charge in [-0.25, -0.2) is 15.0 Å². The van der Waals surface area contributed by atoms with E-state index >= 15 is 0 Å². The zero-order valence-corrected chi connectivity index (χ0v) is 17.4. The summed E-state index contributed by atoms with van der Waals surface area (Å²) in [6, 6.07) is 16.6. The smallest absolute Gasteiger partial charge is 0.140 e. The standard InChI is InChI=1S/C24H26N6/c1-17-8-6-15-30-21(18(2)26-24(17)30)16-29-14-7-10-20(29)19-9-5-12-23(27-19)28-22-11-3-4-13-25-22/h3-6,8-9,11-13,15,20H,7,10,14,16H2,1-2H3,(H,25,27,28)/t20-/m1/s1. The largest absolute Gasteiger partial charge is 0.325 e. The van der Waals surface area contributed by atoms with Crippen LogP contribution in [0, 0.1) is 13.8 Å². The van der Waals surface area contributed by atoms with Crippen molar-refractivity contribution in [3.8, 4) is 0 Å². The van der Waals surface area contributed by atoms with E-state index in [0.717, 1.165) is 48.2 Å². The molecule has 0 aromatic carbocycles. The van der Waals surface area contributed by atoms with Crippen LogP contribution in [0.4, 0.5) is 11.6 Å². The minimum absolute atomic E-state index is 0.310. The molecular weight excluding hydrogens is 372 g/mol. The Hall–Kier alpha value is -3.25. The molecular formula is C24H26N6. The predicted molar refractivity (Wildman–Crippen MR) is 119 cm³/mol. The number of rotatable bonds is 5. The Kier molecular flexibility index (Phi) is 4.93. The fraction of sp³-hybridized carbons (Fsp3) is 0.292. The van der Waals surface area contributed by atoms with E-state index in [1.54, 1.807) is 6.20 Å². The molecule has 0 saturated carbocycles. The van der Waals surface area contributed by atoms with Crippen LogP contribution in [0.5, 0.6) is 0 Å². The van der Waals surface area contributed by atoms with Crippen LogP contribution in [-0.2, 0) is 6.54 Å². The number of pyridine rings is 3. The molecule has 1 saturated heterocycles. The molecule has 5 rings (SSSR count). The van der Waals surface area contributed by atoms with Gasteiger partial charge in [0.05, 0.1) is 23.1 Å². The second-order valence-corrected chi connectivity index (χ2v) is 7.94. The van der Waals surface area contributed by atoms with Gasteiger partial charge in [0.25, 0.3) is 0 Å². The van der Waals surface area contributed by atoms with Crippen molar-refractivity contribution < 1.29 is 0 Å². The minimum atomic E-state index is 0.310. The van der Waals surface area contributed by atoms with Crippen LogP contribution in [0.15, 0.2) is 60.9 Å². The number of hydrogen-bond donors (Lipinski definition) is 1. The molecule has 1 N–H and O–H groups in total. The fourth-order valence-corrected chi connectivity index (χ4v) is 4.37. The van der Waals surface area contributed by atoms with Crippen LogP contribution in [-0.4, -0.2) is 30.8 Å².